The number of rotatable bonds is 5. The van der Waals surface area contributed by atoms with E-state index >= 15 is 0 Å². The van der Waals surface area contributed by atoms with Gasteiger partial charge in [-0.15, -0.1) is 0 Å². The van der Waals surface area contributed by atoms with Crippen LogP contribution in [0.2, 0.25) is 0 Å². The van der Waals surface area contributed by atoms with Gasteiger partial charge in [-0.05, 0) is 39.7 Å². The Kier molecular flexibility index (Phi) is 6.42. The molecule has 2 rings (SSSR count). The molecule has 2 atom stereocenters. The summed E-state index contributed by atoms with van der Waals surface area (Å²) in [6.45, 7) is 5.21. The van der Waals surface area contributed by atoms with Crippen molar-refractivity contribution in [3.8, 4) is 0 Å². The van der Waals surface area contributed by atoms with Crippen LogP contribution in [-0.2, 0) is 14.8 Å². The molecule has 9 nitrogen and oxygen atoms in total. The van der Waals surface area contributed by atoms with Gasteiger partial charge in [-0.1, -0.05) is 25.0 Å². The Morgan fingerprint density at radius 3 is 2.37 bits per heavy atom. The molecule has 2 N–H and O–H groups in total. The zero-order valence-corrected chi connectivity index (χ0v) is 16.4. The highest BCUT2D eigenvalue weighted by Gasteiger charge is 2.34. The lowest BCUT2D eigenvalue weighted by Crippen LogP contribution is -2.53. The van der Waals surface area contributed by atoms with Gasteiger partial charge in [0.1, 0.15) is 5.60 Å². The molecule has 0 radical (unpaired) electrons. The first-order valence-corrected chi connectivity index (χ1v) is 10.2. The fraction of sp³-hybridized carbons (Fsp3) is 0.588. The summed E-state index contributed by atoms with van der Waals surface area (Å²) in [5, 5.41) is 13.9. The molecule has 1 aliphatic rings. The summed E-state index contributed by atoms with van der Waals surface area (Å²) in [6, 6.07) is 4.15. The molecule has 0 aliphatic heterocycles. The number of hydrogen-bond donors (Lipinski definition) is 2. The Bertz CT molecular complexity index is 803. The summed E-state index contributed by atoms with van der Waals surface area (Å²) in [7, 11) is -4.12. The summed E-state index contributed by atoms with van der Waals surface area (Å²) in [6.07, 6.45) is 2.11. The number of ether oxygens (including phenoxy) is 1. The largest absolute Gasteiger partial charge is 0.444 e. The first-order chi connectivity index (χ1) is 12.5. The quantitative estimate of drug-likeness (QED) is 0.579. The third-order valence-electron chi connectivity index (χ3n) is 4.13. The van der Waals surface area contributed by atoms with E-state index in [-0.39, 0.29) is 0 Å². The molecule has 150 valence electrons. The van der Waals surface area contributed by atoms with Gasteiger partial charge < -0.3 is 10.1 Å². The molecule has 0 unspecified atom stereocenters. The number of nitro benzene ring substituents is 1. The molecule has 1 saturated carbocycles. The molecule has 1 fully saturated rings. The van der Waals surface area contributed by atoms with E-state index in [2.05, 4.69) is 10.0 Å². The molecular formula is C17H25N3O6S. The fourth-order valence-corrected chi connectivity index (χ4v) is 4.48. The number of amides is 1. The molecule has 1 amide bonds. The smallest absolute Gasteiger partial charge is 0.407 e. The number of sulfonamides is 1. The van der Waals surface area contributed by atoms with Crippen LogP contribution < -0.4 is 10.0 Å². The van der Waals surface area contributed by atoms with Gasteiger partial charge in [0.05, 0.1) is 4.92 Å². The maximum Gasteiger partial charge on any atom is 0.407 e. The molecule has 0 aromatic heterocycles. The molecule has 0 saturated heterocycles. The minimum atomic E-state index is -4.12. The van der Waals surface area contributed by atoms with Gasteiger partial charge in [0.25, 0.3) is 5.69 Å². The van der Waals surface area contributed by atoms with Crippen LogP contribution in [0.5, 0.6) is 0 Å². The van der Waals surface area contributed by atoms with Gasteiger partial charge in [0.2, 0.25) is 10.0 Å². The first-order valence-electron chi connectivity index (χ1n) is 8.75. The van der Waals surface area contributed by atoms with Crippen molar-refractivity contribution in [1.29, 1.82) is 0 Å². The van der Waals surface area contributed by atoms with Crippen molar-refractivity contribution in [1.82, 2.24) is 10.0 Å². The zero-order chi connectivity index (χ0) is 20.2. The third kappa shape index (κ3) is 5.90. The number of para-hydroxylation sites is 1. The first kappa shape index (κ1) is 21.1. The molecular weight excluding hydrogens is 374 g/mol. The van der Waals surface area contributed by atoms with Crippen LogP contribution in [0.15, 0.2) is 29.2 Å². The Hall–Kier alpha value is -2.20. The van der Waals surface area contributed by atoms with Crippen LogP contribution in [0.25, 0.3) is 0 Å². The monoisotopic (exact) mass is 399 g/mol. The Morgan fingerprint density at radius 1 is 1.19 bits per heavy atom. The highest BCUT2D eigenvalue weighted by atomic mass is 32.2. The Morgan fingerprint density at radius 2 is 1.78 bits per heavy atom. The predicted octanol–water partition coefficient (Wildman–Crippen LogP) is 2.71. The number of nitro groups is 1. The highest BCUT2D eigenvalue weighted by molar-refractivity contribution is 7.89. The van der Waals surface area contributed by atoms with E-state index in [4.69, 9.17) is 4.74 Å². The van der Waals surface area contributed by atoms with Crippen LogP contribution in [0, 0.1) is 10.1 Å². The van der Waals surface area contributed by atoms with E-state index in [0.717, 1.165) is 18.9 Å². The predicted molar refractivity (Wildman–Crippen MR) is 98.8 cm³/mol. The number of nitrogens with zero attached hydrogens (tertiary/aromatic N) is 1. The number of carbonyl (C=O) groups is 1. The number of nitrogens with one attached hydrogen (secondary N) is 2. The second-order valence-corrected chi connectivity index (χ2v) is 9.17. The number of benzene rings is 1. The minimum absolute atomic E-state index is 0.392. The summed E-state index contributed by atoms with van der Waals surface area (Å²) in [5.41, 5.74) is -1.16. The van der Waals surface area contributed by atoms with Crippen LogP contribution in [0.3, 0.4) is 0 Å². The Labute approximate surface area is 158 Å². The summed E-state index contributed by atoms with van der Waals surface area (Å²) in [4.78, 5) is 22.1. The molecule has 1 aliphatic carbocycles. The average Bonchev–Trinajstić information content (AvgIpc) is 2.54. The van der Waals surface area contributed by atoms with E-state index in [1.807, 2.05) is 0 Å². The second-order valence-electron chi connectivity index (χ2n) is 7.49. The number of alkyl carbamates (subject to hydrolysis) is 1. The molecule has 0 heterocycles. The maximum atomic E-state index is 12.7. The van der Waals surface area contributed by atoms with E-state index in [1.165, 1.54) is 18.2 Å². The molecule has 0 bridgehead atoms. The van der Waals surface area contributed by atoms with Crippen molar-refractivity contribution >= 4 is 21.8 Å². The van der Waals surface area contributed by atoms with Crippen LogP contribution in [-0.4, -0.2) is 37.1 Å². The molecule has 1 aromatic rings. The molecule has 27 heavy (non-hydrogen) atoms. The van der Waals surface area contributed by atoms with Crippen molar-refractivity contribution in [2.45, 2.75) is 69.0 Å². The standard InChI is InChI=1S/C17H25N3O6S/c1-17(2,3)26-16(21)18-12-8-4-5-9-13(12)19-27(24,25)15-11-7-6-10-14(15)20(22)23/h6-7,10-13,19H,4-5,8-9H2,1-3H3,(H,18,21)/t12-,13-/m1/s1. The van der Waals surface area contributed by atoms with Crippen molar-refractivity contribution < 1.29 is 22.9 Å². The van der Waals surface area contributed by atoms with E-state index < -0.39 is 49.3 Å². The second kappa shape index (κ2) is 8.22. The molecule has 10 heteroatoms. The summed E-state index contributed by atoms with van der Waals surface area (Å²) >= 11 is 0. The normalized spacial score (nSPS) is 20.7. The lowest BCUT2D eigenvalue weighted by atomic mass is 9.91. The average molecular weight is 399 g/mol. The lowest BCUT2D eigenvalue weighted by Gasteiger charge is -2.33. The topological polar surface area (TPSA) is 128 Å². The van der Waals surface area contributed by atoms with Crippen LogP contribution >= 0.6 is 0 Å². The van der Waals surface area contributed by atoms with Crippen LogP contribution in [0.4, 0.5) is 10.5 Å². The molecule has 1 aromatic carbocycles. The van der Waals surface area contributed by atoms with Gasteiger partial charge in [0.15, 0.2) is 4.90 Å². The van der Waals surface area contributed by atoms with Crippen molar-refractivity contribution in [3.05, 3.63) is 34.4 Å². The van der Waals surface area contributed by atoms with Crippen molar-refractivity contribution in [2.75, 3.05) is 0 Å². The molecule has 0 spiro atoms. The van der Waals surface area contributed by atoms with Crippen molar-refractivity contribution in [2.24, 2.45) is 0 Å². The summed E-state index contributed by atoms with van der Waals surface area (Å²) < 4.78 is 33.2. The van der Waals surface area contributed by atoms with Crippen LogP contribution in [0.1, 0.15) is 46.5 Å². The van der Waals surface area contributed by atoms with Gasteiger partial charge in [-0.2, -0.15) is 0 Å². The SMILES string of the molecule is CC(C)(C)OC(=O)N[C@@H]1CCCC[C@H]1NS(=O)(=O)c1ccccc1[N+](=O)[O-]. The van der Waals surface area contributed by atoms with Gasteiger partial charge in [-0.25, -0.2) is 17.9 Å². The van der Waals surface area contributed by atoms with E-state index in [0.29, 0.717) is 12.8 Å². The van der Waals surface area contributed by atoms with Crippen molar-refractivity contribution in [3.63, 3.8) is 0 Å². The fourth-order valence-electron chi connectivity index (χ4n) is 3.00. The van der Waals surface area contributed by atoms with E-state index in [9.17, 15) is 23.3 Å². The lowest BCUT2D eigenvalue weighted by molar-refractivity contribution is -0.387. The summed E-state index contributed by atoms with van der Waals surface area (Å²) in [5.74, 6) is 0. The zero-order valence-electron chi connectivity index (χ0n) is 15.6. The number of carbonyl (C=O) groups excluding carboxylic acids is 1. The Balaban J connectivity index is 2.18. The van der Waals surface area contributed by atoms with Gasteiger partial charge in [-0.3, -0.25) is 10.1 Å². The van der Waals surface area contributed by atoms with Gasteiger partial charge in [0, 0.05) is 18.2 Å². The highest BCUT2D eigenvalue weighted by Crippen LogP contribution is 2.26. The van der Waals surface area contributed by atoms with Gasteiger partial charge >= 0.3 is 6.09 Å². The maximum absolute atomic E-state index is 12.7. The van der Waals surface area contributed by atoms with E-state index in [1.54, 1.807) is 20.8 Å². The third-order valence-corrected chi connectivity index (χ3v) is 5.66. The number of hydrogen-bond acceptors (Lipinski definition) is 6. The minimum Gasteiger partial charge on any atom is -0.444 e.